The summed E-state index contributed by atoms with van der Waals surface area (Å²) in [5.74, 6) is 0.823. The molecule has 142 valence electrons. The SMILES string of the molecule is Cl.Clc1ccc(COc2ccc(CNCCc3ccccc3)cc2)c(Cl)c1. The minimum atomic E-state index is 0. The predicted molar refractivity (Wildman–Crippen MR) is 116 cm³/mol. The van der Waals surface area contributed by atoms with E-state index < -0.39 is 0 Å². The summed E-state index contributed by atoms with van der Waals surface area (Å²) >= 11 is 12.1. The van der Waals surface area contributed by atoms with Crippen molar-refractivity contribution in [2.24, 2.45) is 0 Å². The summed E-state index contributed by atoms with van der Waals surface area (Å²) in [7, 11) is 0. The fraction of sp³-hybridized carbons (Fsp3) is 0.182. The lowest BCUT2D eigenvalue weighted by molar-refractivity contribution is 0.306. The maximum atomic E-state index is 6.16. The highest BCUT2D eigenvalue weighted by Crippen LogP contribution is 2.22. The Bertz CT molecular complexity index is 823. The fourth-order valence-electron chi connectivity index (χ4n) is 2.61. The Balaban J connectivity index is 0.00000261. The molecule has 5 heteroatoms. The molecule has 27 heavy (non-hydrogen) atoms. The van der Waals surface area contributed by atoms with Crippen LogP contribution in [0.2, 0.25) is 10.0 Å². The molecule has 0 unspecified atom stereocenters. The number of rotatable bonds is 8. The van der Waals surface area contributed by atoms with Gasteiger partial charge in [-0.25, -0.2) is 0 Å². The van der Waals surface area contributed by atoms with Crippen LogP contribution in [0.25, 0.3) is 0 Å². The molecule has 0 fully saturated rings. The molecule has 0 heterocycles. The number of hydrogen-bond donors (Lipinski definition) is 1. The van der Waals surface area contributed by atoms with Crippen molar-refractivity contribution in [2.75, 3.05) is 6.54 Å². The van der Waals surface area contributed by atoms with Crippen molar-refractivity contribution in [1.29, 1.82) is 0 Å². The number of hydrogen-bond acceptors (Lipinski definition) is 2. The average Bonchev–Trinajstić information content (AvgIpc) is 2.66. The quantitative estimate of drug-likeness (QED) is 0.428. The van der Waals surface area contributed by atoms with Crippen LogP contribution in [0, 0.1) is 0 Å². The van der Waals surface area contributed by atoms with E-state index in [4.69, 9.17) is 27.9 Å². The Labute approximate surface area is 176 Å². The average molecular weight is 423 g/mol. The standard InChI is InChI=1S/C22H21Cl2NO.ClH/c23-20-9-8-19(22(24)14-20)16-26-21-10-6-18(7-11-21)15-25-13-12-17-4-2-1-3-5-17;/h1-11,14,25H,12-13,15-16H2;1H. The highest BCUT2D eigenvalue weighted by molar-refractivity contribution is 6.35. The first-order chi connectivity index (χ1) is 12.7. The van der Waals surface area contributed by atoms with E-state index in [0.717, 1.165) is 30.8 Å². The molecular formula is C22H22Cl3NO. The van der Waals surface area contributed by atoms with E-state index in [2.05, 4.69) is 41.7 Å². The van der Waals surface area contributed by atoms with Crippen molar-refractivity contribution in [1.82, 2.24) is 5.32 Å². The molecule has 0 aromatic heterocycles. The molecule has 2 nitrogen and oxygen atoms in total. The van der Waals surface area contributed by atoms with Gasteiger partial charge in [-0.2, -0.15) is 0 Å². The van der Waals surface area contributed by atoms with E-state index in [1.807, 2.05) is 30.3 Å². The summed E-state index contributed by atoms with van der Waals surface area (Å²) in [6, 6.07) is 24.1. The molecule has 0 bridgehead atoms. The molecule has 0 aliphatic heterocycles. The van der Waals surface area contributed by atoms with Crippen LogP contribution >= 0.6 is 35.6 Å². The summed E-state index contributed by atoms with van der Waals surface area (Å²) in [6.45, 7) is 2.22. The Hall–Kier alpha value is -1.71. The van der Waals surface area contributed by atoms with Gasteiger partial charge in [0.1, 0.15) is 12.4 Å². The summed E-state index contributed by atoms with van der Waals surface area (Å²) in [5.41, 5.74) is 3.50. The van der Waals surface area contributed by atoms with Crippen LogP contribution < -0.4 is 10.1 Å². The molecule has 0 saturated carbocycles. The Morgan fingerprint density at radius 1 is 0.815 bits per heavy atom. The van der Waals surface area contributed by atoms with Crippen LogP contribution in [0.5, 0.6) is 5.75 Å². The summed E-state index contributed by atoms with van der Waals surface area (Å²) in [6.07, 6.45) is 1.03. The monoisotopic (exact) mass is 421 g/mol. The third-order valence-corrected chi connectivity index (χ3v) is 4.68. The number of ether oxygens (including phenoxy) is 1. The molecule has 0 saturated heterocycles. The zero-order chi connectivity index (χ0) is 18.2. The first-order valence-corrected chi connectivity index (χ1v) is 9.36. The van der Waals surface area contributed by atoms with Crippen LogP contribution in [0.15, 0.2) is 72.8 Å². The molecule has 0 radical (unpaired) electrons. The van der Waals surface area contributed by atoms with Crippen molar-refractivity contribution >= 4 is 35.6 Å². The van der Waals surface area contributed by atoms with Gasteiger partial charge < -0.3 is 10.1 Å². The fourth-order valence-corrected chi connectivity index (χ4v) is 3.08. The molecule has 0 aliphatic carbocycles. The molecule has 0 spiro atoms. The van der Waals surface area contributed by atoms with E-state index in [9.17, 15) is 0 Å². The van der Waals surface area contributed by atoms with E-state index in [1.165, 1.54) is 11.1 Å². The zero-order valence-corrected chi connectivity index (χ0v) is 17.2. The van der Waals surface area contributed by atoms with Crippen molar-refractivity contribution < 1.29 is 4.74 Å². The maximum Gasteiger partial charge on any atom is 0.119 e. The topological polar surface area (TPSA) is 21.3 Å². The van der Waals surface area contributed by atoms with Crippen molar-refractivity contribution in [3.8, 4) is 5.75 Å². The van der Waals surface area contributed by atoms with Gasteiger partial charge >= 0.3 is 0 Å². The van der Waals surface area contributed by atoms with Crippen molar-refractivity contribution in [2.45, 2.75) is 19.6 Å². The zero-order valence-electron chi connectivity index (χ0n) is 14.8. The second kappa shape index (κ2) is 11.2. The van der Waals surface area contributed by atoms with Crippen LogP contribution in [0.1, 0.15) is 16.7 Å². The Kier molecular flexibility index (Phi) is 8.96. The second-order valence-electron chi connectivity index (χ2n) is 6.08. The third-order valence-electron chi connectivity index (χ3n) is 4.10. The van der Waals surface area contributed by atoms with Crippen LogP contribution in [0.4, 0.5) is 0 Å². The molecule has 0 amide bonds. The third kappa shape index (κ3) is 7.08. The van der Waals surface area contributed by atoms with Gasteiger partial charge in [0.15, 0.2) is 0 Å². The minimum Gasteiger partial charge on any atom is -0.489 e. The van der Waals surface area contributed by atoms with Gasteiger partial charge in [-0.15, -0.1) is 12.4 Å². The number of benzene rings is 3. The molecule has 0 aliphatic rings. The summed E-state index contributed by atoms with van der Waals surface area (Å²) in [4.78, 5) is 0. The Morgan fingerprint density at radius 2 is 1.56 bits per heavy atom. The van der Waals surface area contributed by atoms with E-state index >= 15 is 0 Å². The van der Waals surface area contributed by atoms with Gasteiger partial charge in [0, 0.05) is 22.2 Å². The van der Waals surface area contributed by atoms with Crippen LogP contribution in [-0.2, 0) is 19.6 Å². The smallest absolute Gasteiger partial charge is 0.119 e. The molecule has 0 atom stereocenters. The molecule has 1 N–H and O–H groups in total. The molecular weight excluding hydrogens is 401 g/mol. The highest BCUT2D eigenvalue weighted by Gasteiger charge is 2.03. The van der Waals surface area contributed by atoms with E-state index in [-0.39, 0.29) is 12.4 Å². The lowest BCUT2D eigenvalue weighted by Gasteiger charge is -2.09. The van der Waals surface area contributed by atoms with Crippen LogP contribution in [0.3, 0.4) is 0 Å². The van der Waals surface area contributed by atoms with Gasteiger partial charge in [0.25, 0.3) is 0 Å². The maximum absolute atomic E-state index is 6.16. The lowest BCUT2D eigenvalue weighted by atomic mass is 10.1. The molecule has 3 aromatic rings. The van der Waals surface area contributed by atoms with E-state index in [0.29, 0.717) is 16.7 Å². The van der Waals surface area contributed by atoms with Gasteiger partial charge in [0.05, 0.1) is 0 Å². The Morgan fingerprint density at radius 3 is 2.26 bits per heavy atom. The minimum absolute atomic E-state index is 0. The predicted octanol–water partition coefficient (Wildman–Crippen LogP) is 6.33. The molecule has 3 rings (SSSR count). The van der Waals surface area contributed by atoms with Gasteiger partial charge in [-0.05, 0) is 48.4 Å². The van der Waals surface area contributed by atoms with Crippen LogP contribution in [-0.4, -0.2) is 6.54 Å². The normalized spacial score (nSPS) is 10.3. The summed E-state index contributed by atoms with van der Waals surface area (Å²) in [5, 5.41) is 4.72. The molecule has 3 aromatic carbocycles. The summed E-state index contributed by atoms with van der Waals surface area (Å²) < 4.78 is 5.80. The van der Waals surface area contributed by atoms with Crippen molar-refractivity contribution in [3.05, 3.63) is 99.5 Å². The largest absolute Gasteiger partial charge is 0.489 e. The van der Waals surface area contributed by atoms with Gasteiger partial charge in [-0.3, -0.25) is 0 Å². The second-order valence-corrected chi connectivity index (χ2v) is 6.92. The van der Waals surface area contributed by atoms with Gasteiger partial charge in [-0.1, -0.05) is 71.7 Å². The van der Waals surface area contributed by atoms with Crippen molar-refractivity contribution in [3.63, 3.8) is 0 Å². The van der Waals surface area contributed by atoms with Gasteiger partial charge in [0.2, 0.25) is 0 Å². The number of nitrogens with one attached hydrogen (secondary N) is 1. The highest BCUT2D eigenvalue weighted by atomic mass is 35.5. The first kappa shape index (κ1) is 21.6. The first-order valence-electron chi connectivity index (χ1n) is 8.61. The van der Waals surface area contributed by atoms with E-state index in [1.54, 1.807) is 6.07 Å². The lowest BCUT2D eigenvalue weighted by Crippen LogP contribution is -2.16. The number of halogens is 3.